The van der Waals surface area contributed by atoms with Crippen molar-refractivity contribution in [2.75, 3.05) is 0 Å². The fourth-order valence-corrected chi connectivity index (χ4v) is 6.98. The van der Waals surface area contributed by atoms with Gasteiger partial charge in [-0.3, -0.25) is 9.35 Å². The van der Waals surface area contributed by atoms with E-state index < -0.39 is 32.6 Å². The first-order chi connectivity index (χ1) is 16.9. The number of halogens is 4. The maximum atomic E-state index is 15.1. The Kier molecular flexibility index (Phi) is 8.20. The zero-order valence-corrected chi connectivity index (χ0v) is 21.4. The van der Waals surface area contributed by atoms with Crippen LogP contribution in [0.2, 0.25) is 0 Å². The highest BCUT2D eigenvalue weighted by Gasteiger charge is 2.70. The van der Waals surface area contributed by atoms with Crippen LogP contribution in [0.25, 0.3) is 0 Å². The number of rotatable bonds is 7. The summed E-state index contributed by atoms with van der Waals surface area (Å²) in [6.07, 6.45) is 13.2. The molecular formula is C27H36F4O4S. The quantitative estimate of drug-likeness (QED) is 0.219. The highest BCUT2D eigenvalue weighted by Crippen LogP contribution is 2.48. The molecule has 4 rings (SSSR count). The van der Waals surface area contributed by atoms with E-state index >= 15 is 8.78 Å². The molecule has 202 valence electrons. The van der Waals surface area contributed by atoms with Crippen LogP contribution >= 0.6 is 0 Å². The Hall–Kier alpha value is -1.48. The van der Waals surface area contributed by atoms with Gasteiger partial charge in [-0.25, -0.2) is 0 Å². The predicted molar refractivity (Wildman–Crippen MR) is 130 cm³/mol. The highest BCUT2D eigenvalue weighted by molar-refractivity contribution is 7.87. The van der Waals surface area contributed by atoms with Gasteiger partial charge >= 0.3 is 21.3 Å². The molecule has 0 heterocycles. The molecule has 1 N–H and O–H groups in total. The van der Waals surface area contributed by atoms with Crippen molar-refractivity contribution in [2.45, 2.75) is 125 Å². The molecule has 36 heavy (non-hydrogen) atoms. The maximum Gasteiger partial charge on any atom is 0.439 e. The van der Waals surface area contributed by atoms with Crippen molar-refractivity contribution in [3.8, 4) is 0 Å². The summed E-state index contributed by atoms with van der Waals surface area (Å²) in [4.78, 5) is 13.4. The minimum atomic E-state index is -6.52. The van der Waals surface area contributed by atoms with Crippen LogP contribution < -0.4 is 0 Å². The molecule has 0 saturated heterocycles. The summed E-state index contributed by atoms with van der Waals surface area (Å²) >= 11 is 0. The predicted octanol–water partition coefficient (Wildman–Crippen LogP) is 8.13. The molecular weight excluding hydrogens is 496 g/mol. The number of carbonyl (C=O) groups excluding carboxylic acids is 1. The topological polar surface area (TPSA) is 71.4 Å². The van der Waals surface area contributed by atoms with E-state index in [1.807, 2.05) is 0 Å². The fraction of sp³-hybridized carbons (Fsp3) is 0.741. The van der Waals surface area contributed by atoms with Gasteiger partial charge in [0.2, 0.25) is 5.78 Å². The molecule has 0 bridgehead atoms. The standard InChI is InChI=1S/C27H36F4O4S/c28-26(29,27(30,31)36(33,34)35)25(32)24-22(19-12-6-2-7-13-19)16-21(18-10-4-1-5-11-18)17-23(24)20-14-8-3-9-15-20/h16-20H,1-15H2,(H,33,34,35). The van der Waals surface area contributed by atoms with Crippen molar-refractivity contribution in [2.24, 2.45) is 0 Å². The van der Waals surface area contributed by atoms with Crippen molar-refractivity contribution in [3.05, 3.63) is 34.4 Å². The molecule has 0 aromatic heterocycles. The average molecular weight is 533 g/mol. The van der Waals surface area contributed by atoms with E-state index in [9.17, 15) is 22.0 Å². The Morgan fingerprint density at radius 1 is 0.694 bits per heavy atom. The van der Waals surface area contributed by atoms with Crippen LogP contribution in [0.15, 0.2) is 12.1 Å². The highest BCUT2D eigenvalue weighted by atomic mass is 32.2. The Bertz CT molecular complexity index is 1010. The van der Waals surface area contributed by atoms with E-state index in [-0.39, 0.29) is 17.8 Å². The normalized spacial score (nSPS) is 22.0. The fourth-order valence-electron chi connectivity index (χ4n) is 6.57. The van der Waals surface area contributed by atoms with Gasteiger partial charge in [-0.05, 0) is 73.0 Å². The van der Waals surface area contributed by atoms with E-state index in [0.717, 1.165) is 76.2 Å². The van der Waals surface area contributed by atoms with Gasteiger partial charge in [0.1, 0.15) is 0 Å². The molecule has 1 aromatic carbocycles. The SMILES string of the molecule is O=C(c1c(C2CCCCC2)cc(C2CCCCC2)cc1C1CCCCC1)C(F)(F)C(F)(F)S(=O)(=O)O. The second-order valence-electron chi connectivity index (χ2n) is 11.0. The zero-order valence-electron chi connectivity index (χ0n) is 20.6. The van der Waals surface area contributed by atoms with Crippen LogP contribution in [0.5, 0.6) is 0 Å². The van der Waals surface area contributed by atoms with E-state index in [0.29, 0.717) is 36.8 Å². The van der Waals surface area contributed by atoms with Gasteiger partial charge in [-0.2, -0.15) is 26.0 Å². The van der Waals surface area contributed by atoms with E-state index in [1.54, 1.807) is 12.1 Å². The second kappa shape index (κ2) is 10.7. The third kappa shape index (κ3) is 5.24. The van der Waals surface area contributed by atoms with E-state index in [2.05, 4.69) is 0 Å². The molecule has 4 nitrogen and oxygen atoms in total. The molecule has 3 saturated carbocycles. The molecule has 3 fully saturated rings. The third-order valence-corrected chi connectivity index (χ3v) is 9.49. The average Bonchev–Trinajstić information content (AvgIpc) is 2.88. The van der Waals surface area contributed by atoms with Gasteiger partial charge in [-0.15, -0.1) is 0 Å². The number of Topliss-reactive ketones (excluding diaryl/α,β-unsaturated/α-hetero) is 1. The second-order valence-corrected chi connectivity index (χ2v) is 12.4. The van der Waals surface area contributed by atoms with Crippen molar-refractivity contribution in [3.63, 3.8) is 0 Å². The number of ketones is 1. The summed E-state index contributed by atoms with van der Waals surface area (Å²) < 4.78 is 90.3. The summed E-state index contributed by atoms with van der Waals surface area (Å²) in [5.74, 6) is -8.01. The van der Waals surface area contributed by atoms with Crippen LogP contribution in [0.3, 0.4) is 0 Å². The monoisotopic (exact) mass is 532 g/mol. The van der Waals surface area contributed by atoms with Crippen LogP contribution in [-0.4, -0.2) is 29.9 Å². The lowest BCUT2D eigenvalue weighted by atomic mass is 9.72. The van der Waals surface area contributed by atoms with Crippen LogP contribution in [0.4, 0.5) is 17.6 Å². The molecule has 0 unspecified atom stereocenters. The summed E-state index contributed by atoms with van der Waals surface area (Å²) in [5.41, 5.74) is 1.29. The number of hydrogen-bond donors (Lipinski definition) is 1. The molecule has 9 heteroatoms. The van der Waals surface area contributed by atoms with E-state index in [1.165, 1.54) is 0 Å². The lowest BCUT2D eigenvalue weighted by Crippen LogP contribution is -2.52. The molecule has 0 spiro atoms. The molecule has 0 aliphatic heterocycles. The number of hydrogen-bond acceptors (Lipinski definition) is 3. The van der Waals surface area contributed by atoms with Gasteiger partial charge in [0.15, 0.2) is 0 Å². The summed E-state index contributed by atoms with van der Waals surface area (Å²) in [6, 6.07) is 3.57. The van der Waals surface area contributed by atoms with Gasteiger partial charge in [0.25, 0.3) is 0 Å². The molecule has 0 atom stereocenters. The van der Waals surface area contributed by atoms with Crippen molar-refractivity contribution in [1.82, 2.24) is 0 Å². The zero-order chi connectivity index (χ0) is 26.1. The van der Waals surface area contributed by atoms with Gasteiger partial charge in [-0.1, -0.05) is 69.9 Å². The van der Waals surface area contributed by atoms with Crippen molar-refractivity contribution >= 4 is 15.9 Å². The Balaban J connectivity index is 1.92. The first-order valence-corrected chi connectivity index (χ1v) is 14.8. The number of benzene rings is 1. The summed E-state index contributed by atoms with van der Waals surface area (Å²) in [5, 5.41) is -5.92. The smallest absolute Gasteiger partial charge is 0.287 e. The van der Waals surface area contributed by atoms with Crippen LogP contribution in [0, 0.1) is 0 Å². The minimum absolute atomic E-state index is 0.223. The Morgan fingerprint density at radius 3 is 1.42 bits per heavy atom. The Morgan fingerprint density at radius 2 is 1.06 bits per heavy atom. The maximum absolute atomic E-state index is 15.1. The van der Waals surface area contributed by atoms with Crippen LogP contribution in [0.1, 0.15) is 141 Å². The van der Waals surface area contributed by atoms with Gasteiger partial charge in [0.05, 0.1) is 0 Å². The first-order valence-electron chi connectivity index (χ1n) is 13.4. The third-order valence-electron chi connectivity index (χ3n) is 8.59. The summed E-state index contributed by atoms with van der Waals surface area (Å²) in [6.45, 7) is 0. The van der Waals surface area contributed by atoms with Gasteiger partial charge in [0, 0.05) is 5.56 Å². The largest absolute Gasteiger partial charge is 0.439 e. The number of carbonyl (C=O) groups is 1. The number of alkyl halides is 4. The molecule has 3 aliphatic carbocycles. The van der Waals surface area contributed by atoms with Gasteiger partial charge < -0.3 is 0 Å². The molecule has 0 radical (unpaired) electrons. The lowest BCUT2D eigenvalue weighted by molar-refractivity contribution is -0.128. The van der Waals surface area contributed by atoms with Crippen molar-refractivity contribution < 1.29 is 35.3 Å². The minimum Gasteiger partial charge on any atom is -0.287 e. The molecule has 3 aliphatic rings. The van der Waals surface area contributed by atoms with Crippen molar-refractivity contribution in [1.29, 1.82) is 0 Å². The van der Waals surface area contributed by atoms with Crippen LogP contribution in [-0.2, 0) is 10.1 Å². The lowest BCUT2D eigenvalue weighted by Gasteiger charge is -2.33. The first kappa shape index (κ1) is 27.6. The molecule has 1 aromatic rings. The Labute approximate surface area is 211 Å². The van der Waals surface area contributed by atoms with E-state index in [4.69, 9.17) is 4.55 Å². The molecule has 0 amide bonds. The summed E-state index contributed by atoms with van der Waals surface area (Å²) in [7, 11) is -6.52.